The molecule has 154 valence electrons. The summed E-state index contributed by atoms with van der Waals surface area (Å²) in [5, 5.41) is 5.63. The van der Waals surface area contributed by atoms with Crippen LogP contribution in [0, 0.1) is 0 Å². The Hall–Kier alpha value is -3.68. The van der Waals surface area contributed by atoms with Crippen molar-refractivity contribution in [3.8, 4) is 11.3 Å². The SMILES string of the molecule is CNc1cncc(-c2c[nH]c(=O)c(NC(=O)c3ccc(N4CCCCC4)cc3)c2)n1. The van der Waals surface area contributed by atoms with Crippen molar-refractivity contribution in [3.63, 3.8) is 0 Å². The zero-order valence-electron chi connectivity index (χ0n) is 16.8. The number of amides is 1. The van der Waals surface area contributed by atoms with E-state index in [9.17, 15) is 9.59 Å². The first-order chi connectivity index (χ1) is 14.6. The molecule has 4 rings (SSSR count). The molecule has 3 aromatic rings. The third kappa shape index (κ3) is 4.32. The topological polar surface area (TPSA) is 103 Å². The van der Waals surface area contributed by atoms with Crippen molar-refractivity contribution in [2.45, 2.75) is 19.3 Å². The third-order valence-corrected chi connectivity index (χ3v) is 5.19. The fourth-order valence-corrected chi connectivity index (χ4v) is 3.52. The van der Waals surface area contributed by atoms with Gasteiger partial charge in [-0.1, -0.05) is 0 Å². The quantitative estimate of drug-likeness (QED) is 0.604. The number of aromatic nitrogens is 3. The molecule has 2 aromatic heterocycles. The van der Waals surface area contributed by atoms with Gasteiger partial charge in [0.25, 0.3) is 11.5 Å². The molecular formula is C22H24N6O2. The van der Waals surface area contributed by atoms with E-state index in [1.807, 2.05) is 12.1 Å². The Morgan fingerprint density at radius 2 is 1.87 bits per heavy atom. The van der Waals surface area contributed by atoms with E-state index >= 15 is 0 Å². The average molecular weight is 404 g/mol. The fraction of sp³-hybridized carbons (Fsp3) is 0.273. The third-order valence-electron chi connectivity index (χ3n) is 5.19. The molecule has 0 unspecified atom stereocenters. The lowest BCUT2D eigenvalue weighted by molar-refractivity contribution is 0.102. The second kappa shape index (κ2) is 8.77. The van der Waals surface area contributed by atoms with Crippen LogP contribution in [0.4, 0.5) is 17.2 Å². The monoisotopic (exact) mass is 404 g/mol. The van der Waals surface area contributed by atoms with Gasteiger partial charge in [-0.25, -0.2) is 4.98 Å². The van der Waals surface area contributed by atoms with Gasteiger partial charge in [0, 0.05) is 43.1 Å². The predicted octanol–water partition coefficient (Wildman–Crippen LogP) is 3.12. The summed E-state index contributed by atoms with van der Waals surface area (Å²) in [6.45, 7) is 2.09. The van der Waals surface area contributed by atoms with Gasteiger partial charge in [-0.2, -0.15) is 0 Å². The standard InChI is InChI=1S/C22H24N6O2/c1-23-20-14-24-13-19(26-20)16-11-18(22(30)25-12-16)27-21(29)15-5-7-17(8-6-15)28-9-3-2-4-10-28/h5-8,11-14H,2-4,9-10H2,1H3,(H,23,26)(H,25,30)(H,27,29). The lowest BCUT2D eigenvalue weighted by Gasteiger charge is -2.28. The molecule has 1 fully saturated rings. The van der Waals surface area contributed by atoms with E-state index in [1.54, 1.807) is 43.8 Å². The molecule has 0 saturated carbocycles. The number of hydrogen-bond donors (Lipinski definition) is 3. The van der Waals surface area contributed by atoms with Crippen LogP contribution >= 0.6 is 0 Å². The lowest BCUT2D eigenvalue weighted by Crippen LogP contribution is -2.29. The van der Waals surface area contributed by atoms with E-state index in [1.165, 1.54) is 19.3 Å². The number of rotatable bonds is 5. The number of pyridine rings is 1. The van der Waals surface area contributed by atoms with Crippen molar-refractivity contribution >= 4 is 23.1 Å². The van der Waals surface area contributed by atoms with E-state index in [2.05, 4.69) is 30.5 Å². The summed E-state index contributed by atoms with van der Waals surface area (Å²) in [5.74, 6) is 0.274. The van der Waals surface area contributed by atoms with Gasteiger partial charge in [0.15, 0.2) is 0 Å². The van der Waals surface area contributed by atoms with Crippen LogP contribution in [0.2, 0.25) is 0 Å². The summed E-state index contributed by atoms with van der Waals surface area (Å²) in [7, 11) is 1.75. The van der Waals surface area contributed by atoms with Crippen LogP contribution in [-0.4, -0.2) is 41.0 Å². The number of nitrogens with one attached hydrogen (secondary N) is 3. The number of hydrogen-bond acceptors (Lipinski definition) is 6. The second-order valence-electron chi connectivity index (χ2n) is 7.22. The smallest absolute Gasteiger partial charge is 0.271 e. The molecule has 1 aliphatic rings. The summed E-state index contributed by atoms with van der Waals surface area (Å²) in [6, 6.07) is 9.10. The minimum atomic E-state index is -0.380. The first kappa shape index (κ1) is 19.6. The van der Waals surface area contributed by atoms with Gasteiger partial charge >= 0.3 is 0 Å². The summed E-state index contributed by atoms with van der Waals surface area (Å²) in [4.78, 5) is 38.4. The fourth-order valence-electron chi connectivity index (χ4n) is 3.52. The van der Waals surface area contributed by atoms with Gasteiger partial charge in [-0.05, 0) is 49.6 Å². The Bertz CT molecular complexity index is 1090. The van der Waals surface area contributed by atoms with Crippen molar-refractivity contribution in [1.29, 1.82) is 0 Å². The molecule has 3 heterocycles. The molecule has 0 radical (unpaired) electrons. The zero-order chi connectivity index (χ0) is 20.9. The highest BCUT2D eigenvalue weighted by Crippen LogP contribution is 2.21. The zero-order valence-corrected chi connectivity index (χ0v) is 16.8. The van der Waals surface area contributed by atoms with Crippen LogP contribution < -0.4 is 21.1 Å². The van der Waals surface area contributed by atoms with Crippen LogP contribution in [0.15, 0.2) is 53.7 Å². The number of nitrogens with zero attached hydrogens (tertiary/aromatic N) is 3. The molecule has 1 saturated heterocycles. The number of H-pyrrole nitrogens is 1. The van der Waals surface area contributed by atoms with Crippen LogP contribution in [0.1, 0.15) is 29.6 Å². The number of anilines is 3. The first-order valence-electron chi connectivity index (χ1n) is 10.0. The second-order valence-corrected chi connectivity index (χ2v) is 7.22. The molecule has 0 bridgehead atoms. The van der Waals surface area contributed by atoms with E-state index < -0.39 is 0 Å². The van der Waals surface area contributed by atoms with E-state index in [4.69, 9.17) is 0 Å². The Balaban J connectivity index is 1.52. The van der Waals surface area contributed by atoms with Crippen molar-refractivity contribution in [2.75, 3.05) is 35.7 Å². The van der Waals surface area contributed by atoms with Crippen LogP contribution in [0.25, 0.3) is 11.3 Å². The van der Waals surface area contributed by atoms with E-state index in [0.717, 1.165) is 18.8 Å². The number of carbonyl (C=O) groups is 1. The van der Waals surface area contributed by atoms with Gasteiger partial charge in [0.05, 0.1) is 18.1 Å². The van der Waals surface area contributed by atoms with Gasteiger partial charge in [-0.15, -0.1) is 0 Å². The van der Waals surface area contributed by atoms with Crippen LogP contribution in [-0.2, 0) is 0 Å². The number of benzene rings is 1. The predicted molar refractivity (Wildman–Crippen MR) is 118 cm³/mol. The van der Waals surface area contributed by atoms with Gasteiger partial charge < -0.3 is 20.5 Å². The molecule has 0 spiro atoms. The number of piperidine rings is 1. The van der Waals surface area contributed by atoms with Gasteiger partial charge in [-0.3, -0.25) is 14.6 Å². The highest BCUT2D eigenvalue weighted by molar-refractivity contribution is 6.04. The molecule has 30 heavy (non-hydrogen) atoms. The molecule has 0 aliphatic carbocycles. The lowest BCUT2D eigenvalue weighted by atomic mass is 10.1. The Kier molecular flexibility index (Phi) is 5.74. The molecule has 0 atom stereocenters. The molecule has 1 aliphatic heterocycles. The maximum Gasteiger partial charge on any atom is 0.271 e. The van der Waals surface area contributed by atoms with E-state index in [-0.39, 0.29) is 17.2 Å². The summed E-state index contributed by atoms with van der Waals surface area (Å²) in [6.07, 6.45) is 8.42. The molecular weight excluding hydrogens is 380 g/mol. The normalized spacial score (nSPS) is 13.7. The van der Waals surface area contributed by atoms with Crippen molar-refractivity contribution < 1.29 is 4.79 Å². The van der Waals surface area contributed by atoms with Gasteiger partial charge in [0.2, 0.25) is 0 Å². The first-order valence-corrected chi connectivity index (χ1v) is 10.0. The highest BCUT2D eigenvalue weighted by atomic mass is 16.2. The summed E-state index contributed by atoms with van der Waals surface area (Å²) < 4.78 is 0. The van der Waals surface area contributed by atoms with Crippen LogP contribution in [0.5, 0.6) is 0 Å². The molecule has 8 nitrogen and oxygen atoms in total. The number of carbonyl (C=O) groups excluding carboxylic acids is 1. The van der Waals surface area contributed by atoms with Crippen molar-refractivity contribution in [3.05, 3.63) is 64.8 Å². The van der Waals surface area contributed by atoms with Crippen molar-refractivity contribution in [2.24, 2.45) is 0 Å². The Labute approximate surface area is 174 Å². The Morgan fingerprint density at radius 3 is 2.60 bits per heavy atom. The molecule has 1 amide bonds. The molecule has 3 N–H and O–H groups in total. The van der Waals surface area contributed by atoms with Crippen molar-refractivity contribution in [1.82, 2.24) is 15.0 Å². The largest absolute Gasteiger partial charge is 0.372 e. The maximum atomic E-state index is 12.7. The minimum Gasteiger partial charge on any atom is -0.372 e. The van der Waals surface area contributed by atoms with Gasteiger partial charge in [0.1, 0.15) is 11.5 Å². The molecule has 8 heteroatoms. The number of aromatic amines is 1. The minimum absolute atomic E-state index is 0.161. The Morgan fingerprint density at radius 1 is 1.10 bits per heavy atom. The maximum absolute atomic E-state index is 12.7. The highest BCUT2D eigenvalue weighted by Gasteiger charge is 2.14. The summed E-state index contributed by atoms with van der Waals surface area (Å²) in [5.41, 5.74) is 2.63. The molecule has 1 aromatic carbocycles. The average Bonchev–Trinajstić information content (AvgIpc) is 2.81. The van der Waals surface area contributed by atoms with E-state index in [0.29, 0.717) is 22.6 Å². The summed E-state index contributed by atoms with van der Waals surface area (Å²) >= 11 is 0. The van der Waals surface area contributed by atoms with Crippen LogP contribution in [0.3, 0.4) is 0 Å².